The molecule has 0 amide bonds. The molecule has 0 saturated carbocycles. The van der Waals surface area contributed by atoms with Gasteiger partial charge < -0.3 is 0 Å². The molecular weight excluding hydrogens is 661 g/mol. The number of benzene rings is 8. The molecule has 0 fully saturated rings. The molecule has 0 atom stereocenters. The molecular formula is C50H32N2S. The van der Waals surface area contributed by atoms with Crippen molar-refractivity contribution < 1.29 is 0 Å². The van der Waals surface area contributed by atoms with Crippen molar-refractivity contribution in [2.75, 3.05) is 0 Å². The molecule has 0 saturated heterocycles. The second kappa shape index (κ2) is 13.1. The molecule has 2 heterocycles. The average molecular weight is 693 g/mol. The van der Waals surface area contributed by atoms with Gasteiger partial charge in [-0.05, 0) is 80.6 Å². The lowest BCUT2D eigenvalue weighted by molar-refractivity contribution is 1.18. The van der Waals surface area contributed by atoms with Crippen molar-refractivity contribution in [3.05, 3.63) is 194 Å². The molecule has 2 nitrogen and oxygen atoms in total. The first-order valence-corrected chi connectivity index (χ1v) is 18.7. The van der Waals surface area contributed by atoms with Gasteiger partial charge in [0.25, 0.3) is 0 Å². The topological polar surface area (TPSA) is 25.8 Å². The van der Waals surface area contributed by atoms with Crippen LogP contribution in [0.2, 0.25) is 0 Å². The molecule has 0 aliphatic rings. The zero-order chi connectivity index (χ0) is 35.1. The Labute approximate surface area is 312 Å². The zero-order valence-electron chi connectivity index (χ0n) is 28.8. The summed E-state index contributed by atoms with van der Waals surface area (Å²) in [5, 5.41) is 5.05. The predicted molar refractivity (Wildman–Crippen MR) is 225 cm³/mol. The summed E-state index contributed by atoms with van der Waals surface area (Å²) in [6, 6.07) is 69.3. The van der Waals surface area contributed by atoms with Crippen LogP contribution in [0.25, 0.3) is 98.2 Å². The number of rotatable bonds is 6. The second-order valence-corrected chi connectivity index (χ2v) is 14.5. The number of aromatic nitrogens is 2. The first kappa shape index (κ1) is 31.1. The van der Waals surface area contributed by atoms with Gasteiger partial charge in [0.1, 0.15) is 0 Å². The molecule has 0 aliphatic heterocycles. The molecule has 53 heavy (non-hydrogen) atoms. The highest BCUT2D eigenvalue weighted by Gasteiger charge is 2.16. The van der Waals surface area contributed by atoms with E-state index < -0.39 is 0 Å². The molecule has 0 bridgehead atoms. The van der Waals surface area contributed by atoms with Crippen molar-refractivity contribution in [1.82, 2.24) is 9.97 Å². The third kappa shape index (κ3) is 5.78. The van der Waals surface area contributed by atoms with Gasteiger partial charge in [0.2, 0.25) is 0 Å². The summed E-state index contributed by atoms with van der Waals surface area (Å²) >= 11 is 1.85. The number of thiophene rings is 1. The van der Waals surface area contributed by atoms with Crippen molar-refractivity contribution in [2.45, 2.75) is 0 Å². The first-order chi connectivity index (χ1) is 26.2. The summed E-state index contributed by atoms with van der Waals surface area (Å²) in [7, 11) is 0. The Morgan fingerprint density at radius 2 is 0.792 bits per heavy atom. The molecule has 248 valence electrons. The number of hydrogen-bond acceptors (Lipinski definition) is 3. The van der Waals surface area contributed by atoms with E-state index in [0.29, 0.717) is 5.82 Å². The fraction of sp³-hybridized carbons (Fsp3) is 0. The summed E-state index contributed by atoms with van der Waals surface area (Å²) in [6.45, 7) is 0. The van der Waals surface area contributed by atoms with Crippen LogP contribution >= 0.6 is 11.3 Å². The summed E-state index contributed by atoms with van der Waals surface area (Å²) < 4.78 is 2.59. The molecule has 2 aromatic heterocycles. The average Bonchev–Trinajstić information content (AvgIpc) is 3.62. The Morgan fingerprint density at radius 3 is 1.49 bits per heavy atom. The minimum Gasteiger partial charge on any atom is -0.228 e. The third-order valence-corrected chi connectivity index (χ3v) is 11.2. The molecule has 10 rings (SSSR count). The summed E-state index contributed by atoms with van der Waals surface area (Å²) in [4.78, 5) is 10.3. The van der Waals surface area contributed by atoms with E-state index in [1.165, 1.54) is 53.2 Å². The normalized spacial score (nSPS) is 11.4. The maximum absolute atomic E-state index is 5.25. The smallest absolute Gasteiger partial charge is 0.160 e. The lowest BCUT2D eigenvalue weighted by Gasteiger charge is -2.16. The van der Waals surface area contributed by atoms with Gasteiger partial charge >= 0.3 is 0 Å². The third-order valence-electron chi connectivity index (χ3n) is 10.1. The number of fused-ring (bicyclic) bond motifs is 4. The highest BCUT2D eigenvalue weighted by molar-refractivity contribution is 7.25. The van der Waals surface area contributed by atoms with Crippen LogP contribution in [0, 0.1) is 0 Å². The van der Waals surface area contributed by atoms with Crippen molar-refractivity contribution in [1.29, 1.82) is 0 Å². The van der Waals surface area contributed by atoms with E-state index in [0.717, 1.165) is 39.2 Å². The van der Waals surface area contributed by atoms with Crippen molar-refractivity contribution in [3.63, 3.8) is 0 Å². The van der Waals surface area contributed by atoms with Gasteiger partial charge in [-0.1, -0.05) is 158 Å². The Bertz CT molecular complexity index is 2870. The van der Waals surface area contributed by atoms with Crippen LogP contribution in [0.1, 0.15) is 0 Å². The van der Waals surface area contributed by atoms with Crippen molar-refractivity contribution in [3.8, 4) is 67.3 Å². The lowest BCUT2D eigenvalue weighted by atomic mass is 9.89. The summed E-state index contributed by atoms with van der Waals surface area (Å²) in [5.74, 6) is 0.707. The Balaban J connectivity index is 1.22. The maximum atomic E-state index is 5.25. The summed E-state index contributed by atoms with van der Waals surface area (Å²) in [6.07, 6.45) is 0. The van der Waals surface area contributed by atoms with Gasteiger partial charge in [-0.25, -0.2) is 9.97 Å². The van der Waals surface area contributed by atoms with Crippen molar-refractivity contribution >= 4 is 42.3 Å². The van der Waals surface area contributed by atoms with E-state index in [1.807, 2.05) is 35.6 Å². The van der Waals surface area contributed by atoms with E-state index in [2.05, 4.69) is 170 Å². The molecule has 8 aromatic carbocycles. The van der Waals surface area contributed by atoms with E-state index in [-0.39, 0.29) is 0 Å². The van der Waals surface area contributed by atoms with Gasteiger partial charge in [-0.3, -0.25) is 0 Å². The van der Waals surface area contributed by atoms with Crippen LogP contribution in [-0.4, -0.2) is 9.97 Å². The fourth-order valence-corrected chi connectivity index (χ4v) is 8.64. The Hall–Kier alpha value is -6.68. The van der Waals surface area contributed by atoms with Gasteiger partial charge in [0.05, 0.1) is 11.4 Å². The van der Waals surface area contributed by atoms with Crippen LogP contribution in [0.5, 0.6) is 0 Å². The highest BCUT2D eigenvalue weighted by atomic mass is 32.1. The molecule has 10 aromatic rings. The van der Waals surface area contributed by atoms with Gasteiger partial charge in [-0.15, -0.1) is 11.3 Å². The zero-order valence-corrected chi connectivity index (χ0v) is 29.6. The molecule has 0 aliphatic carbocycles. The van der Waals surface area contributed by atoms with Crippen LogP contribution in [0.3, 0.4) is 0 Å². The highest BCUT2D eigenvalue weighted by Crippen LogP contribution is 2.41. The fourth-order valence-electron chi connectivity index (χ4n) is 7.49. The Morgan fingerprint density at radius 1 is 0.283 bits per heavy atom. The number of nitrogens with zero attached hydrogens (tertiary/aromatic N) is 2. The van der Waals surface area contributed by atoms with Gasteiger partial charge in [-0.2, -0.15) is 0 Å². The molecule has 0 radical (unpaired) electrons. The first-order valence-electron chi connectivity index (χ1n) is 17.9. The number of hydrogen-bond donors (Lipinski definition) is 0. The van der Waals surface area contributed by atoms with E-state index in [4.69, 9.17) is 9.97 Å². The Kier molecular flexibility index (Phi) is 7.71. The standard InChI is InChI=1S/C50H32N2S/c1-4-14-33(15-5-1)40-26-27-41(43-21-11-10-20-42(40)43)38-28-37(36-24-25-45-44-22-12-13-23-48(44)53-49(45)31-36)29-39(30-38)47-32-46(34-16-6-2-7-17-34)51-50(52-47)35-18-8-3-9-19-35/h1-32H. The van der Waals surface area contributed by atoms with E-state index >= 15 is 0 Å². The van der Waals surface area contributed by atoms with Crippen LogP contribution in [0.15, 0.2) is 194 Å². The quantitative estimate of drug-likeness (QED) is 0.173. The molecule has 0 N–H and O–H groups in total. The van der Waals surface area contributed by atoms with E-state index in [1.54, 1.807) is 0 Å². The second-order valence-electron chi connectivity index (χ2n) is 13.4. The monoisotopic (exact) mass is 692 g/mol. The largest absolute Gasteiger partial charge is 0.228 e. The lowest BCUT2D eigenvalue weighted by Crippen LogP contribution is -1.96. The molecule has 0 unspecified atom stereocenters. The van der Waals surface area contributed by atoms with E-state index in [9.17, 15) is 0 Å². The van der Waals surface area contributed by atoms with Gasteiger partial charge in [0.15, 0.2) is 5.82 Å². The van der Waals surface area contributed by atoms with Crippen molar-refractivity contribution in [2.24, 2.45) is 0 Å². The SMILES string of the molecule is c1ccc(-c2cc(-c3cc(-c4ccc5c(c4)sc4ccccc45)cc(-c4ccc(-c5ccccc5)c5ccccc45)c3)nc(-c3ccccc3)n2)cc1. The van der Waals surface area contributed by atoms with Crippen LogP contribution in [0.4, 0.5) is 0 Å². The minimum atomic E-state index is 0.707. The van der Waals surface area contributed by atoms with Crippen LogP contribution in [-0.2, 0) is 0 Å². The molecule has 0 spiro atoms. The minimum absolute atomic E-state index is 0.707. The molecule has 3 heteroatoms. The van der Waals surface area contributed by atoms with Crippen LogP contribution < -0.4 is 0 Å². The van der Waals surface area contributed by atoms with Gasteiger partial charge in [0, 0.05) is 36.9 Å². The predicted octanol–water partition coefficient (Wildman–Crippen LogP) is 14.0. The maximum Gasteiger partial charge on any atom is 0.160 e. The summed E-state index contributed by atoms with van der Waals surface area (Å²) in [5.41, 5.74) is 12.0.